The highest BCUT2D eigenvalue weighted by Gasteiger charge is 2.17. The van der Waals surface area contributed by atoms with Gasteiger partial charge in [0.25, 0.3) is 11.7 Å². The second-order valence-electron chi connectivity index (χ2n) is 3.24. The van der Waals surface area contributed by atoms with Crippen LogP contribution in [0, 0.1) is 18.6 Å². The first-order chi connectivity index (χ1) is 8.09. The van der Waals surface area contributed by atoms with Crippen molar-refractivity contribution in [3.8, 4) is 0 Å². The molecule has 17 heavy (non-hydrogen) atoms. The van der Waals surface area contributed by atoms with Gasteiger partial charge in [-0.3, -0.25) is 4.79 Å². The van der Waals surface area contributed by atoms with Crippen molar-refractivity contribution >= 4 is 11.6 Å². The lowest BCUT2D eigenvalue weighted by Crippen LogP contribution is -2.16. The Bertz CT molecular complexity index is 555. The lowest BCUT2D eigenvalue weighted by atomic mass is 10.2. The molecule has 0 aliphatic carbocycles. The van der Waals surface area contributed by atoms with Gasteiger partial charge in [-0.15, -0.1) is 10.2 Å². The van der Waals surface area contributed by atoms with Gasteiger partial charge >= 0.3 is 0 Å². The summed E-state index contributed by atoms with van der Waals surface area (Å²) in [4.78, 5) is 11.5. The monoisotopic (exact) mass is 239 g/mol. The number of nitrogens with zero attached hydrogens (tertiary/aromatic N) is 3. The van der Waals surface area contributed by atoms with Crippen LogP contribution in [0.15, 0.2) is 12.1 Å². The number of benzene rings is 1. The van der Waals surface area contributed by atoms with Crippen molar-refractivity contribution in [3.05, 3.63) is 35.2 Å². The van der Waals surface area contributed by atoms with Gasteiger partial charge in [-0.1, -0.05) is 6.07 Å². The van der Waals surface area contributed by atoms with Gasteiger partial charge in [0.15, 0.2) is 5.82 Å². The summed E-state index contributed by atoms with van der Waals surface area (Å²) in [5, 5.41) is 14.0. The second kappa shape index (κ2) is 4.24. The number of tetrazole rings is 1. The molecule has 1 amide bonds. The smallest absolute Gasteiger partial charge is 0.297 e. The van der Waals surface area contributed by atoms with Crippen molar-refractivity contribution in [2.45, 2.75) is 6.92 Å². The van der Waals surface area contributed by atoms with Crippen molar-refractivity contribution in [2.75, 3.05) is 5.32 Å². The fourth-order valence-corrected chi connectivity index (χ4v) is 1.20. The van der Waals surface area contributed by atoms with E-state index in [1.807, 2.05) is 5.32 Å². The molecule has 1 aromatic heterocycles. The van der Waals surface area contributed by atoms with Gasteiger partial charge in [-0.2, -0.15) is 5.21 Å². The molecule has 2 N–H and O–H groups in total. The average Bonchev–Trinajstić information content (AvgIpc) is 2.83. The standard InChI is InChI=1S/C9H7F2N5O/c1-4-2-3-5(10)7(6(4)11)12-9(17)8-13-15-16-14-8/h2-3H,1H3,(H,12,17)(H,13,14,15,16). The van der Waals surface area contributed by atoms with E-state index in [2.05, 4.69) is 20.6 Å². The molecule has 88 valence electrons. The van der Waals surface area contributed by atoms with Crippen LogP contribution in [0.5, 0.6) is 0 Å². The number of halogens is 2. The first-order valence-corrected chi connectivity index (χ1v) is 4.59. The van der Waals surface area contributed by atoms with Crippen LogP contribution < -0.4 is 5.32 Å². The van der Waals surface area contributed by atoms with Gasteiger partial charge < -0.3 is 5.32 Å². The Morgan fingerprint density at radius 2 is 2.18 bits per heavy atom. The first-order valence-electron chi connectivity index (χ1n) is 4.59. The van der Waals surface area contributed by atoms with E-state index in [0.717, 1.165) is 6.07 Å². The van der Waals surface area contributed by atoms with Gasteiger partial charge in [-0.25, -0.2) is 8.78 Å². The van der Waals surface area contributed by atoms with E-state index >= 15 is 0 Å². The zero-order valence-corrected chi connectivity index (χ0v) is 8.66. The Kier molecular flexibility index (Phi) is 2.77. The van der Waals surface area contributed by atoms with E-state index in [1.54, 1.807) is 0 Å². The number of nitrogens with one attached hydrogen (secondary N) is 2. The topological polar surface area (TPSA) is 83.6 Å². The number of H-pyrrole nitrogens is 1. The molecule has 2 rings (SSSR count). The maximum atomic E-state index is 13.5. The molecule has 0 saturated carbocycles. The van der Waals surface area contributed by atoms with Gasteiger partial charge in [0.2, 0.25) is 0 Å². The summed E-state index contributed by atoms with van der Waals surface area (Å²) in [5.74, 6) is -2.85. The normalized spacial score (nSPS) is 10.3. The summed E-state index contributed by atoms with van der Waals surface area (Å²) >= 11 is 0. The molecule has 1 aromatic carbocycles. The molecular weight excluding hydrogens is 232 g/mol. The molecule has 0 radical (unpaired) electrons. The van der Waals surface area contributed by atoms with Crippen LogP contribution in [0.3, 0.4) is 0 Å². The zero-order valence-electron chi connectivity index (χ0n) is 8.66. The molecule has 6 nitrogen and oxygen atoms in total. The number of rotatable bonds is 2. The molecule has 1 heterocycles. The molecular formula is C9H7F2N5O. The quantitative estimate of drug-likeness (QED) is 0.820. The highest BCUT2D eigenvalue weighted by Crippen LogP contribution is 2.21. The number of carbonyl (C=O) groups excluding carboxylic acids is 1. The van der Waals surface area contributed by atoms with Crippen molar-refractivity contribution in [2.24, 2.45) is 0 Å². The molecule has 0 bridgehead atoms. The predicted octanol–water partition coefficient (Wildman–Crippen LogP) is 1.04. The van der Waals surface area contributed by atoms with Crippen LogP contribution >= 0.6 is 0 Å². The summed E-state index contributed by atoms with van der Waals surface area (Å²) in [6, 6.07) is 2.33. The predicted molar refractivity (Wildman–Crippen MR) is 53.2 cm³/mol. The van der Waals surface area contributed by atoms with Crippen molar-refractivity contribution in [1.82, 2.24) is 20.6 Å². The Labute approximate surface area is 94.0 Å². The molecule has 0 aliphatic rings. The van der Waals surface area contributed by atoms with Crippen LogP contribution in [0.25, 0.3) is 0 Å². The number of carbonyl (C=O) groups is 1. The highest BCUT2D eigenvalue weighted by molar-refractivity contribution is 6.01. The maximum absolute atomic E-state index is 13.5. The number of hydrogen-bond donors (Lipinski definition) is 2. The Morgan fingerprint density at radius 3 is 2.82 bits per heavy atom. The van der Waals surface area contributed by atoms with Gasteiger partial charge in [0.05, 0.1) is 0 Å². The Hall–Kier alpha value is -2.38. The van der Waals surface area contributed by atoms with Crippen LogP contribution in [0.1, 0.15) is 16.2 Å². The number of anilines is 1. The van der Waals surface area contributed by atoms with Crippen molar-refractivity contribution < 1.29 is 13.6 Å². The van der Waals surface area contributed by atoms with Crippen molar-refractivity contribution in [1.29, 1.82) is 0 Å². The Morgan fingerprint density at radius 1 is 1.41 bits per heavy atom. The molecule has 0 aliphatic heterocycles. The molecule has 2 aromatic rings. The van der Waals surface area contributed by atoms with Gasteiger partial charge in [0, 0.05) is 0 Å². The summed E-state index contributed by atoms with van der Waals surface area (Å²) in [7, 11) is 0. The number of aromatic amines is 1. The minimum absolute atomic E-state index is 0.217. The zero-order chi connectivity index (χ0) is 12.4. The number of amides is 1. The second-order valence-corrected chi connectivity index (χ2v) is 3.24. The fourth-order valence-electron chi connectivity index (χ4n) is 1.20. The average molecular weight is 239 g/mol. The van der Waals surface area contributed by atoms with E-state index < -0.39 is 23.2 Å². The lowest BCUT2D eigenvalue weighted by molar-refractivity contribution is 0.101. The van der Waals surface area contributed by atoms with E-state index in [1.165, 1.54) is 13.0 Å². The summed E-state index contributed by atoms with van der Waals surface area (Å²) < 4.78 is 26.9. The molecule has 0 fully saturated rings. The number of aromatic nitrogens is 4. The van der Waals surface area contributed by atoms with Crippen LogP contribution in [-0.4, -0.2) is 26.5 Å². The largest absolute Gasteiger partial charge is 0.314 e. The lowest BCUT2D eigenvalue weighted by Gasteiger charge is -2.07. The molecule has 0 spiro atoms. The summed E-state index contributed by atoms with van der Waals surface area (Å²) in [6.45, 7) is 1.46. The van der Waals surface area contributed by atoms with E-state index in [-0.39, 0.29) is 11.4 Å². The maximum Gasteiger partial charge on any atom is 0.297 e. The van der Waals surface area contributed by atoms with Crippen molar-refractivity contribution in [3.63, 3.8) is 0 Å². The van der Waals surface area contributed by atoms with Crippen LogP contribution in [-0.2, 0) is 0 Å². The van der Waals surface area contributed by atoms with E-state index in [9.17, 15) is 13.6 Å². The van der Waals surface area contributed by atoms with Crippen LogP contribution in [0.2, 0.25) is 0 Å². The molecule has 8 heteroatoms. The third-order valence-electron chi connectivity index (χ3n) is 2.07. The fraction of sp³-hybridized carbons (Fsp3) is 0.111. The third-order valence-corrected chi connectivity index (χ3v) is 2.07. The van der Waals surface area contributed by atoms with E-state index in [0.29, 0.717) is 0 Å². The minimum Gasteiger partial charge on any atom is -0.314 e. The molecule has 0 saturated heterocycles. The summed E-state index contributed by atoms with van der Waals surface area (Å²) in [6.07, 6.45) is 0. The third kappa shape index (κ3) is 2.10. The van der Waals surface area contributed by atoms with Gasteiger partial charge in [0.1, 0.15) is 11.5 Å². The first kappa shape index (κ1) is 11.1. The Balaban J connectivity index is 2.31. The highest BCUT2D eigenvalue weighted by atomic mass is 19.1. The van der Waals surface area contributed by atoms with Crippen LogP contribution in [0.4, 0.5) is 14.5 Å². The summed E-state index contributed by atoms with van der Waals surface area (Å²) in [5.41, 5.74) is -0.311. The number of hydrogen-bond acceptors (Lipinski definition) is 4. The molecule has 0 unspecified atom stereocenters. The SMILES string of the molecule is Cc1ccc(F)c(NC(=O)c2nn[nH]n2)c1F. The van der Waals surface area contributed by atoms with E-state index in [4.69, 9.17) is 0 Å². The minimum atomic E-state index is -0.870. The number of aryl methyl sites for hydroxylation is 1. The van der Waals surface area contributed by atoms with Gasteiger partial charge in [-0.05, 0) is 23.8 Å². The molecule has 0 atom stereocenters.